The van der Waals surface area contributed by atoms with E-state index in [0.717, 1.165) is 11.1 Å². The van der Waals surface area contributed by atoms with E-state index in [0.29, 0.717) is 0 Å². The molecule has 0 unspecified atom stereocenters. The Balaban J connectivity index is 2.54. The number of aryl methyl sites for hydroxylation is 2. The van der Waals surface area contributed by atoms with Crippen LogP contribution in [0.25, 0.3) is 0 Å². The van der Waals surface area contributed by atoms with Crippen LogP contribution in [-0.2, 0) is 10.9 Å². The summed E-state index contributed by atoms with van der Waals surface area (Å²) in [6.07, 6.45) is -5.20. The van der Waals surface area contributed by atoms with Crippen LogP contribution in [0.3, 0.4) is 0 Å². The maximum atomic E-state index is 13.2. The molecule has 0 saturated carbocycles. The van der Waals surface area contributed by atoms with Gasteiger partial charge in [0.1, 0.15) is 0 Å². The fourth-order valence-corrected chi connectivity index (χ4v) is 6.41. The van der Waals surface area contributed by atoms with E-state index in [1.807, 2.05) is 0 Å². The van der Waals surface area contributed by atoms with Crippen molar-refractivity contribution in [2.75, 3.05) is 0 Å². The normalized spacial score (nSPS) is 12.7. The molecule has 0 aliphatic rings. The average molecular weight is 438 g/mol. The van der Waals surface area contributed by atoms with Gasteiger partial charge in [0.05, 0.1) is 0 Å². The quantitative estimate of drug-likeness (QED) is 0.650. The summed E-state index contributed by atoms with van der Waals surface area (Å²) in [5, 5.41) is 0. The first-order valence-electron chi connectivity index (χ1n) is 6.55. The van der Waals surface area contributed by atoms with Crippen LogP contribution in [0.5, 0.6) is 0 Å². The van der Waals surface area contributed by atoms with Crippen LogP contribution in [0, 0.1) is 21.0 Å². The van der Waals surface area contributed by atoms with Gasteiger partial charge >= 0.3 is 136 Å². The third kappa shape index (κ3) is 3.95. The van der Waals surface area contributed by atoms with Gasteiger partial charge in [0.25, 0.3) is 0 Å². The third-order valence-electron chi connectivity index (χ3n) is 3.01. The summed E-state index contributed by atoms with van der Waals surface area (Å²) in [7, 11) is 0. The first kappa shape index (κ1) is 17.6. The molecule has 0 fully saturated rings. The van der Waals surface area contributed by atoms with Gasteiger partial charge in [-0.2, -0.15) is 0 Å². The van der Waals surface area contributed by atoms with Crippen LogP contribution in [-0.4, -0.2) is 12.1 Å². The van der Waals surface area contributed by atoms with E-state index < -0.39 is 31.0 Å². The molecule has 0 radical (unpaired) electrons. The summed E-state index contributed by atoms with van der Waals surface area (Å²) in [4.78, 5) is 11.3. The number of alkyl halides is 3. The second-order valence-corrected chi connectivity index (χ2v) is 10.5. The number of carbonyl (C=O) groups excluding carboxylic acids is 1. The fraction of sp³-hybridized carbons (Fsp3) is 0.188. The molecule has 0 bridgehead atoms. The first-order valence-corrected chi connectivity index (χ1v) is 10.5. The number of benzene rings is 2. The molecule has 0 aliphatic heterocycles. The van der Waals surface area contributed by atoms with E-state index in [-0.39, 0.29) is 7.14 Å². The van der Waals surface area contributed by atoms with Crippen molar-refractivity contribution in [3.05, 3.63) is 66.8 Å². The Hall–Kier alpha value is -1.77. The van der Waals surface area contributed by atoms with Gasteiger partial charge in [-0.05, 0) is 0 Å². The second kappa shape index (κ2) is 6.38. The fourth-order valence-electron chi connectivity index (χ4n) is 1.76. The maximum absolute atomic E-state index is 13.2. The van der Waals surface area contributed by atoms with Gasteiger partial charge in [-0.25, -0.2) is 0 Å². The molecular weight excluding hydrogens is 424 g/mol. The van der Waals surface area contributed by atoms with E-state index >= 15 is 0 Å². The summed E-state index contributed by atoms with van der Waals surface area (Å²) in [5.74, 6) is -2.44. The summed E-state index contributed by atoms with van der Waals surface area (Å²) < 4.78 is 55.6. The van der Waals surface area contributed by atoms with E-state index in [1.54, 1.807) is 38.1 Å². The molecule has 2 rings (SSSR count). The van der Waals surface area contributed by atoms with Crippen molar-refractivity contribution >= 4 is 24.8 Å². The zero-order valence-corrected chi connectivity index (χ0v) is 14.5. The molecule has 2 aromatic rings. The molecule has 7 heteroatoms. The van der Waals surface area contributed by atoms with Crippen LogP contribution < -0.4 is 0 Å². The number of rotatable bonds is 3. The summed E-state index contributed by atoms with van der Waals surface area (Å²) >= 11 is -5.06. The van der Waals surface area contributed by atoms with Crippen molar-refractivity contribution in [2.45, 2.75) is 20.0 Å². The summed E-state index contributed by atoms with van der Waals surface area (Å²) in [6, 6.07) is 12.2. The number of hydrogen-bond acceptors (Lipinski definition) is 3. The standard InChI is InChI=1S/C16H14F3IO3/c1-11-3-7-13(8-4-11)20(22,23-15(21)16(17,18)19)14-9-5-12(2)6-10-14/h3-10H,1-2H3. The van der Waals surface area contributed by atoms with Crippen LogP contribution in [0.4, 0.5) is 13.2 Å². The van der Waals surface area contributed by atoms with Crippen LogP contribution >= 0.6 is 18.8 Å². The molecule has 0 spiro atoms. The van der Waals surface area contributed by atoms with Crippen molar-refractivity contribution in [1.29, 1.82) is 0 Å². The Kier molecular flexibility index (Phi) is 4.88. The zero-order chi connectivity index (χ0) is 17.3. The molecule has 0 aromatic heterocycles. The van der Waals surface area contributed by atoms with Crippen molar-refractivity contribution in [2.24, 2.45) is 0 Å². The predicted octanol–water partition coefficient (Wildman–Crippen LogP) is 4.75. The predicted molar refractivity (Wildman–Crippen MR) is 86.6 cm³/mol. The van der Waals surface area contributed by atoms with Crippen LogP contribution in [0.2, 0.25) is 0 Å². The van der Waals surface area contributed by atoms with Crippen LogP contribution in [0.1, 0.15) is 11.1 Å². The third-order valence-corrected chi connectivity index (χ3v) is 8.74. The molecule has 23 heavy (non-hydrogen) atoms. The molecule has 0 N–H and O–H groups in total. The molecule has 3 nitrogen and oxygen atoms in total. The van der Waals surface area contributed by atoms with Crippen molar-refractivity contribution in [3.8, 4) is 0 Å². The van der Waals surface area contributed by atoms with E-state index in [4.69, 9.17) is 0 Å². The number of halogens is 4. The van der Waals surface area contributed by atoms with E-state index in [9.17, 15) is 21.0 Å². The van der Waals surface area contributed by atoms with E-state index in [1.165, 1.54) is 24.3 Å². The van der Waals surface area contributed by atoms with Gasteiger partial charge in [0.15, 0.2) is 0 Å². The molecule has 0 atom stereocenters. The van der Waals surface area contributed by atoms with Crippen LogP contribution in [0.15, 0.2) is 48.5 Å². The molecule has 0 amide bonds. The monoisotopic (exact) mass is 438 g/mol. The van der Waals surface area contributed by atoms with Gasteiger partial charge in [0.2, 0.25) is 0 Å². The van der Waals surface area contributed by atoms with Gasteiger partial charge in [-0.3, -0.25) is 0 Å². The average Bonchev–Trinajstić information content (AvgIpc) is 2.47. The Bertz CT molecular complexity index is 700. The molecule has 0 saturated heterocycles. The van der Waals surface area contributed by atoms with Crippen molar-refractivity contribution < 1.29 is 24.1 Å². The molecule has 124 valence electrons. The molecule has 2 aromatic carbocycles. The minimum absolute atomic E-state index is 0.101. The first-order chi connectivity index (χ1) is 10.6. The van der Waals surface area contributed by atoms with Gasteiger partial charge in [-0.15, -0.1) is 0 Å². The second-order valence-electron chi connectivity index (χ2n) is 4.92. The van der Waals surface area contributed by atoms with Crippen molar-refractivity contribution in [1.82, 2.24) is 0 Å². The Labute approximate surface area is 135 Å². The SMILES string of the molecule is Cc1ccc(I(=O)(OC(=O)C(F)(F)F)c2ccc(C)cc2)cc1. The number of hydrogen-bond donors (Lipinski definition) is 0. The summed E-state index contributed by atoms with van der Waals surface area (Å²) in [5.41, 5.74) is 1.70. The van der Waals surface area contributed by atoms with Gasteiger partial charge < -0.3 is 0 Å². The molecule has 0 heterocycles. The molecule has 0 aliphatic carbocycles. The van der Waals surface area contributed by atoms with Gasteiger partial charge in [-0.1, -0.05) is 0 Å². The number of carbonyl (C=O) groups is 1. The molecular formula is C16H14F3IO3. The van der Waals surface area contributed by atoms with Crippen molar-refractivity contribution in [3.63, 3.8) is 0 Å². The minimum atomic E-state index is -5.20. The van der Waals surface area contributed by atoms with E-state index in [2.05, 4.69) is 3.07 Å². The Morgan fingerprint density at radius 1 is 0.870 bits per heavy atom. The zero-order valence-electron chi connectivity index (χ0n) is 12.4. The summed E-state index contributed by atoms with van der Waals surface area (Å²) in [6.45, 7) is 3.58. The van der Waals surface area contributed by atoms with Gasteiger partial charge in [0, 0.05) is 0 Å². The topological polar surface area (TPSA) is 43.4 Å². The Morgan fingerprint density at radius 3 is 1.52 bits per heavy atom. The Morgan fingerprint density at radius 2 is 1.22 bits per heavy atom.